The molecule has 0 aliphatic rings. The zero-order valence-electron chi connectivity index (χ0n) is 19.7. The monoisotopic (exact) mass is 489 g/mol. The molecule has 9 heteroatoms. The van der Waals surface area contributed by atoms with Gasteiger partial charge in [-0.3, -0.25) is 14.3 Å². The molecule has 0 bridgehead atoms. The second kappa shape index (κ2) is 12.0. The van der Waals surface area contributed by atoms with Crippen molar-refractivity contribution in [1.82, 2.24) is 19.7 Å². The molecule has 0 radical (unpaired) electrons. The first-order valence-corrected chi connectivity index (χ1v) is 12.4. The standard InChI is InChI=1S/C26H27N5O3S/c1-3-33-21-12-13-23(34-4-2)22(15-21)28-24(32)18-35-26-30-29-25(20-11-8-14-27-16-20)31(26)17-19-9-6-5-7-10-19/h5-16H,3-4,17-18H2,1-2H3,(H,28,32). The number of carbonyl (C=O) groups is 1. The second-order valence-corrected chi connectivity index (χ2v) is 8.42. The molecule has 0 aliphatic heterocycles. The van der Waals surface area contributed by atoms with Crippen LogP contribution in [0.25, 0.3) is 11.4 Å². The van der Waals surface area contributed by atoms with Crippen LogP contribution in [0, 0.1) is 0 Å². The van der Waals surface area contributed by atoms with Crippen LogP contribution in [0.5, 0.6) is 11.5 Å². The molecule has 35 heavy (non-hydrogen) atoms. The van der Waals surface area contributed by atoms with E-state index < -0.39 is 0 Å². The number of ether oxygens (including phenoxy) is 2. The van der Waals surface area contributed by atoms with Crippen LogP contribution < -0.4 is 14.8 Å². The number of amides is 1. The van der Waals surface area contributed by atoms with E-state index in [0.717, 1.165) is 11.1 Å². The van der Waals surface area contributed by atoms with E-state index in [2.05, 4.69) is 32.6 Å². The fourth-order valence-corrected chi connectivity index (χ4v) is 4.21. The van der Waals surface area contributed by atoms with Crippen molar-refractivity contribution in [3.63, 3.8) is 0 Å². The van der Waals surface area contributed by atoms with Gasteiger partial charge in [-0.2, -0.15) is 0 Å². The molecule has 1 amide bonds. The summed E-state index contributed by atoms with van der Waals surface area (Å²) in [5.74, 6) is 1.95. The van der Waals surface area contributed by atoms with Gasteiger partial charge in [0, 0.05) is 24.0 Å². The Labute approximate surface area is 208 Å². The lowest BCUT2D eigenvalue weighted by molar-refractivity contribution is -0.113. The molecule has 0 unspecified atom stereocenters. The highest BCUT2D eigenvalue weighted by Crippen LogP contribution is 2.30. The molecule has 1 N–H and O–H groups in total. The Balaban J connectivity index is 1.52. The van der Waals surface area contributed by atoms with Crippen molar-refractivity contribution in [2.45, 2.75) is 25.5 Å². The maximum absolute atomic E-state index is 12.9. The maximum Gasteiger partial charge on any atom is 0.234 e. The molecule has 0 atom stereocenters. The van der Waals surface area contributed by atoms with Crippen molar-refractivity contribution < 1.29 is 14.3 Å². The fraction of sp³-hybridized carbons (Fsp3) is 0.231. The van der Waals surface area contributed by atoms with Crippen molar-refractivity contribution in [2.24, 2.45) is 0 Å². The third-order valence-corrected chi connectivity index (χ3v) is 5.96. The number of rotatable bonds is 11. The molecule has 2 aromatic carbocycles. The number of aromatic nitrogens is 4. The van der Waals surface area contributed by atoms with E-state index in [4.69, 9.17) is 9.47 Å². The lowest BCUT2D eigenvalue weighted by Gasteiger charge is -2.14. The lowest BCUT2D eigenvalue weighted by Crippen LogP contribution is -2.16. The predicted molar refractivity (Wildman–Crippen MR) is 137 cm³/mol. The number of thioether (sulfide) groups is 1. The summed E-state index contributed by atoms with van der Waals surface area (Å²) < 4.78 is 13.2. The molecule has 0 aliphatic carbocycles. The molecule has 0 spiro atoms. The van der Waals surface area contributed by atoms with Gasteiger partial charge in [-0.1, -0.05) is 42.1 Å². The van der Waals surface area contributed by atoms with Crippen molar-refractivity contribution >= 4 is 23.4 Å². The Kier molecular flexibility index (Phi) is 8.34. The number of benzene rings is 2. The first-order chi connectivity index (χ1) is 17.2. The molecule has 180 valence electrons. The smallest absolute Gasteiger partial charge is 0.234 e. The van der Waals surface area contributed by atoms with Gasteiger partial charge in [0.25, 0.3) is 0 Å². The number of nitrogens with one attached hydrogen (secondary N) is 1. The number of pyridine rings is 1. The van der Waals surface area contributed by atoms with E-state index in [1.165, 1.54) is 11.8 Å². The van der Waals surface area contributed by atoms with Crippen LogP contribution in [-0.4, -0.2) is 44.6 Å². The molecule has 2 aromatic heterocycles. The van der Waals surface area contributed by atoms with E-state index in [-0.39, 0.29) is 11.7 Å². The number of hydrogen-bond donors (Lipinski definition) is 1. The number of nitrogens with zero attached hydrogens (tertiary/aromatic N) is 4. The van der Waals surface area contributed by atoms with Crippen molar-refractivity contribution in [2.75, 3.05) is 24.3 Å². The Morgan fingerprint density at radius 2 is 1.83 bits per heavy atom. The summed E-state index contributed by atoms with van der Waals surface area (Å²) in [5, 5.41) is 12.4. The van der Waals surface area contributed by atoms with E-state index in [1.54, 1.807) is 24.5 Å². The van der Waals surface area contributed by atoms with Crippen molar-refractivity contribution in [3.05, 3.63) is 78.6 Å². The fourth-order valence-electron chi connectivity index (χ4n) is 3.47. The van der Waals surface area contributed by atoms with Crippen LogP contribution in [0.15, 0.2) is 78.2 Å². The van der Waals surface area contributed by atoms with E-state index >= 15 is 0 Å². The molecule has 0 saturated heterocycles. The van der Waals surface area contributed by atoms with Gasteiger partial charge < -0.3 is 14.8 Å². The number of carbonyl (C=O) groups excluding carboxylic acids is 1. The minimum Gasteiger partial charge on any atom is -0.494 e. The molecule has 4 aromatic rings. The molecule has 8 nitrogen and oxygen atoms in total. The largest absolute Gasteiger partial charge is 0.494 e. The van der Waals surface area contributed by atoms with Crippen LogP contribution in [0.4, 0.5) is 5.69 Å². The summed E-state index contributed by atoms with van der Waals surface area (Å²) in [5.41, 5.74) is 2.55. The topological polar surface area (TPSA) is 91.2 Å². The highest BCUT2D eigenvalue weighted by atomic mass is 32.2. The second-order valence-electron chi connectivity index (χ2n) is 7.48. The molecular formula is C26H27N5O3S. The normalized spacial score (nSPS) is 10.7. The average Bonchev–Trinajstić information content (AvgIpc) is 3.28. The van der Waals surface area contributed by atoms with Crippen LogP contribution in [-0.2, 0) is 11.3 Å². The quantitative estimate of drug-likeness (QED) is 0.299. The van der Waals surface area contributed by atoms with Crippen LogP contribution in [0.2, 0.25) is 0 Å². The average molecular weight is 490 g/mol. The summed E-state index contributed by atoms with van der Waals surface area (Å²) in [4.78, 5) is 17.1. The molecule has 0 fully saturated rings. The van der Waals surface area contributed by atoms with Gasteiger partial charge >= 0.3 is 0 Å². The van der Waals surface area contributed by atoms with Gasteiger partial charge in [0.05, 0.1) is 31.2 Å². The summed E-state index contributed by atoms with van der Waals surface area (Å²) in [7, 11) is 0. The highest BCUT2D eigenvalue weighted by Gasteiger charge is 2.17. The summed E-state index contributed by atoms with van der Waals surface area (Å²) in [6.07, 6.45) is 3.48. The highest BCUT2D eigenvalue weighted by molar-refractivity contribution is 7.99. The van der Waals surface area contributed by atoms with Crippen LogP contribution in [0.1, 0.15) is 19.4 Å². The van der Waals surface area contributed by atoms with Crippen molar-refractivity contribution in [3.8, 4) is 22.9 Å². The Hall–Kier alpha value is -3.85. The first kappa shape index (κ1) is 24.3. The zero-order chi connectivity index (χ0) is 24.5. The molecule has 2 heterocycles. The summed E-state index contributed by atoms with van der Waals surface area (Å²) >= 11 is 1.33. The van der Waals surface area contributed by atoms with Crippen LogP contribution >= 0.6 is 11.8 Å². The summed E-state index contributed by atoms with van der Waals surface area (Å²) in [6.45, 7) is 5.42. The van der Waals surface area contributed by atoms with Gasteiger partial charge in [0.15, 0.2) is 11.0 Å². The van der Waals surface area contributed by atoms with E-state index in [9.17, 15) is 4.79 Å². The van der Waals surface area contributed by atoms with E-state index in [1.807, 2.05) is 54.8 Å². The minimum absolute atomic E-state index is 0.157. The van der Waals surface area contributed by atoms with Gasteiger partial charge in [0.2, 0.25) is 5.91 Å². The molecular weight excluding hydrogens is 462 g/mol. The lowest BCUT2D eigenvalue weighted by atomic mass is 10.2. The number of anilines is 1. The van der Waals surface area contributed by atoms with Gasteiger partial charge in [-0.15, -0.1) is 10.2 Å². The SMILES string of the molecule is CCOc1ccc(OCC)c(NC(=O)CSc2nnc(-c3cccnc3)n2Cc2ccccc2)c1. The molecule has 0 saturated carbocycles. The first-order valence-electron chi connectivity index (χ1n) is 11.4. The Bertz CT molecular complexity index is 1250. The Morgan fingerprint density at radius 3 is 2.57 bits per heavy atom. The van der Waals surface area contributed by atoms with E-state index in [0.29, 0.717) is 47.9 Å². The number of hydrogen-bond acceptors (Lipinski definition) is 7. The minimum atomic E-state index is -0.179. The van der Waals surface area contributed by atoms with Crippen molar-refractivity contribution in [1.29, 1.82) is 0 Å². The third kappa shape index (κ3) is 6.39. The maximum atomic E-state index is 12.9. The van der Waals surface area contributed by atoms with Gasteiger partial charge in [-0.05, 0) is 43.7 Å². The zero-order valence-corrected chi connectivity index (χ0v) is 20.5. The van der Waals surface area contributed by atoms with Gasteiger partial charge in [-0.25, -0.2) is 0 Å². The van der Waals surface area contributed by atoms with Crippen LogP contribution in [0.3, 0.4) is 0 Å². The Morgan fingerprint density at radius 1 is 1.00 bits per heavy atom. The van der Waals surface area contributed by atoms with Gasteiger partial charge in [0.1, 0.15) is 11.5 Å². The third-order valence-electron chi connectivity index (χ3n) is 4.99. The summed E-state index contributed by atoms with van der Waals surface area (Å²) in [6, 6.07) is 19.3. The molecule has 4 rings (SSSR count). The predicted octanol–water partition coefficient (Wildman–Crippen LogP) is 4.92.